The Balaban J connectivity index is 1.48. The molecule has 2 N–H and O–H groups in total. The third-order valence-electron chi connectivity index (χ3n) is 5.78. The molecule has 6 heteroatoms. The molecular formula is C23H24N2O4. The molecule has 6 nitrogen and oxygen atoms in total. The standard InChI is InChI=1S/C23H24N2O4/c1-28-18-9-5-16(6-10-18)24-22(26)20-14-3-4-15(13-14)21(20)23(27)25-17-7-11-19(29-2)12-8-17/h3-12,14-15,20-21H,13H2,1-2H3,(H,24,26)(H,25,27)/t14-,15-,20+,21+/m0/s1. The van der Waals surface area contributed by atoms with Crippen molar-refractivity contribution < 1.29 is 19.1 Å². The molecule has 2 aromatic rings. The molecular weight excluding hydrogens is 368 g/mol. The van der Waals surface area contributed by atoms with Crippen LogP contribution in [0.2, 0.25) is 0 Å². The van der Waals surface area contributed by atoms with E-state index in [1.54, 1.807) is 62.8 Å². The summed E-state index contributed by atoms with van der Waals surface area (Å²) in [5.74, 6) is 0.611. The van der Waals surface area contributed by atoms with E-state index in [9.17, 15) is 9.59 Å². The fourth-order valence-electron chi connectivity index (χ4n) is 4.34. The molecule has 29 heavy (non-hydrogen) atoms. The van der Waals surface area contributed by atoms with Gasteiger partial charge in [-0.3, -0.25) is 9.59 Å². The number of anilines is 2. The second-order valence-corrected chi connectivity index (χ2v) is 7.44. The maximum absolute atomic E-state index is 13.0. The minimum Gasteiger partial charge on any atom is -0.497 e. The van der Waals surface area contributed by atoms with Crippen molar-refractivity contribution in [1.29, 1.82) is 0 Å². The van der Waals surface area contributed by atoms with Gasteiger partial charge in [-0.25, -0.2) is 0 Å². The molecule has 0 saturated heterocycles. The van der Waals surface area contributed by atoms with Crippen molar-refractivity contribution in [2.75, 3.05) is 24.9 Å². The van der Waals surface area contributed by atoms with E-state index < -0.39 is 0 Å². The normalized spacial score (nSPS) is 24.2. The quantitative estimate of drug-likeness (QED) is 0.735. The first kappa shape index (κ1) is 19.1. The molecule has 2 aliphatic rings. The van der Waals surface area contributed by atoms with E-state index in [0.29, 0.717) is 11.4 Å². The summed E-state index contributed by atoms with van der Waals surface area (Å²) >= 11 is 0. The summed E-state index contributed by atoms with van der Waals surface area (Å²) in [5, 5.41) is 5.92. The second-order valence-electron chi connectivity index (χ2n) is 7.44. The third-order valence-corrected chi connectivity index (χ3v) is 5.78. The highest BCUT2D eigenvalue weighted by Gasteiger charge is 2.51. The van der Waals surface area contributed by atoms with Gasteiger partial charge in [0.1, 0.15) is 11.5 Å². The number of amides is 2. The van der Waals surface area contributed by atoms with Gasteiger partial charge in [-0.15, -0.1) is 0 Å². The molecule has 4 rings (SSSR count). The summed E-state index contributed by atoms with van der Waals surface area (Å²) in [5.41, 5.74) is 1.38. The van der Waals surface area contributed by atoms with Crippen molar-refractivity contribution in [1.82, 2.24) is 0 Å². The van der Waals surface area contributed by atoms with Crippen molar-refractivity contribution in [3.05, 3.63) is 60.7 Å². The van der Waals surface area contributed by atoms with E-state index in [0.717, 1.165) is 17.9 Å². The zero-order chi connectivity index (χ0) is 20.4. The van der Waals surface area contributed by atoms with Crippen LogP contribution in [-0.4, -0.2) is 26.0 Å². The molecule has 1 fully saturated rings. The van der Waals surface area contributed by atoms with Gasteiger partial charge in [0.25, 0.3) is 0 Å². The lowest BCUT2D eigenvalue weighted by molar-refractivity contribution is -0.129. The maximum atomic E-state index is 13.0. The predicted molar refractivity (Wildman–Crippen MR) is 111 cm³/mol. The van der Waals surface area contributed by atoms with Crippen LogP contribution in [0.1, 0.15) is 6.42 Å². The van der Waals surface area contributed by atoms with Crippen LogP contribution in [0.15, 0.2) is 60.7 Å². The molecule has 0 aliphatic heterocycles. The molecule has 0 unspecified atom stereocenters. The Morgan fingerprint density at radius 3 is 1.45 bits per heavy atom. The molecule has 0 spiro atoms. The summed E-state index contributed by atoms with van der Waals surface area (Å²) in [6, 6.07) is 14.4. The van der Waals surface area contributed by atoms with Crippen LogP contribution in [0.25, 0.3) is 0 Å². The number of hydrogen-bond acceptors (Lipinski definition) is 4. The van der Waals surface area contributed by atoms with Gasteiger partial charge in [0.05, 0.1) is 26.1 Å². The summed E-state index contributed by atoms with van der Waals surface area (Å²) in [7, 11) is 3.20. The number of rotatable bonds is 6. The number of ether oxygens (including phenoxy) is 2. The highest BCUT2D eigenvalue weighted by molar-refractivity contribution is 6.01. The van der Waals surface area contributed by atoms with Gasteiger partial charge >= 0.3 is 0 Å². The lowest BCUT2D eigenvalue weighted by Crippen LogP contribution is -2.39. The topological polar surface area (TPSA) is 76.7 Å². The lowest BCUT2D eigenvalue weighted by Gasteiger charge is -2.26. The number of carbonyl (C=O) groups is 2. The molecule has 0 heterocycles. The number of allylic oxidation sites excluding steroid dienone is 2. The summed E-state index contributed by atoms with van der Waals surface area (Å²) < 4.78 is 10.3. The van der Waals surface area contributed by atoms with E-state index in [1.165, 1.54) is 0 Å². The van der Waals surface area contributed by atoms with Crippen LogP contribution in [-0.2, 0) is 9.59 Å². The number of carbonyl (C=O) groups excluding carboxylic acids is 2. The van der Waals surface area contributed by atoms with Gasteiger partial charge in [0.2, 0.25) is 11.8 Å². The van der Waals surface area contributed by atoms with E-state index in [-0.39, 0.29) is 35.5 Å². The van der Waals surface area contributed by atoms with Gasteiger partial charge in [0, 0.05) is 11.4 Å². The van der Waals surface area contributed by atoms with Gasteiger partial charge < -0.3 is 20.1 Å². The Labute approximate surface area is 169 Å². The number of benzene rings is 2. The van der Waals surface area contributed by atoms with E-state index >= 15 is 0 Å². The summed E-state index contributed by atoms with van der Waals surface area (Å²) in [6.07, 6.45) is 4.97. The zero-order valence-electron chi connectivity index (χ0n) is 16.4. The van der Waals surface area contributed by atoms with Crippen LogP contribution >= 0.6 is 0 Å². The Kier molecular flexibility index (Phi) is 5.25. The Bertz CT molecular complexity index is 845. The van der Waals surface area contributed by atoms with Gasteiger partial charge in [-0.1, -0.05) is 12.2 Å². The van der Waals surface area contributed by atoms with Crippen molar-refractivity contribution in [2.45, 2.75) is 6.42 Å². The number of fused-ring (bicyclic) bond motifs is 2. The maximum Gasteiger partial charge on any atom is 0.228 e. The van der Waals surface area contributed by atoms with Crippen LogP contribution in [0, 0.1) is 23.7 Å². The zero-order valence-corrected chi connectivity index (χ0v) is 16.4. The Morgan fingerprint density at radius 2 is 1.10 bits per heavy atom. The molecule has 2 amide bonds. The van der Waals surface area contributed by atoms with Crippen molar-refractivity contribution in [3.8, 4) is 11.5 Å². The van der Waals surface area contributed by atoms with Crippen LogP contribution in [0.5, 0.6) is 11.5 Å². The first-order chi connectivity index (χ1) is 14.1. The molecule has 150 valence electrons. The number of nitrogens with one attached hydrogen (secondary N) is 2. The highest BCUT2D eigenvalue weighted by Crippen LogP contribution is 2.48. The largest absolute Gasteiger partial charge is 0.497 e. The molecule has 1 saturated carbocycles. The Morgan fingerprint density at radius 1 is 0.724 bits per heavy atom. The molecule has 4 atom stereocenters. The smallest absolute Gasteiger partial charge is 0.228 e. The van der Waals surface area contributed by atoms with Gasteiger partial charge in [0.15, 0.2) is 0 Å². The van der Waals surface area contributed by atoms with Gasteiger partial charge in [-0.2, -0.15) is 0 Å². The monoisotopic (exact) mass is 392 g/mol. The molecule has 2 aliphatic carbocycles. The first-order valence-corrected chi connectivity index (χ1v) is 9.67. The minimum atomic E-state index is -0.384. The van der Waals surface area contributed by atoms with E-state index in [2.05, 4.69) is 22.8 Å². The Hall–Kier alpha value is -3.28. The van der Waals surface area contributed by atoms with Gasteiger partial charge in [-0.05, 0) is 66.8 Å². The lowest BCUT2D eigenvalue weighted by atomic mass is 9.81. The van der Waals surface area contributed by atoms with Crippen LogP contribution in [0.3, 0.4) is 0 Å². The molecule has 0 aromatic heterocycles. The SMILES string of the molecule is COc1ccc(NC(=O)[C@H]2[C@H](C(=O)Nc3ccc(OC)cc3)[C@H]3C=C[C@H]2C3)cc1. The van der Waals surface area contributed by atoms with Crippen molar-refractivity contribution in [2.24, 2.45) is 23.7 Å². The van der Waals surface area contributed by atoms with Crippen LogP contribution in [0.4, 0.5) is 11.4 Å². The van der Waals surface area contributed by atoms with E-state index in [4.69, 9.17) is 9.47 Å². The number of methoxy groups -OCH3 is 2. The predicted octanol–water partition coefficient (Wildman–Crippen LogP) is 3.72. The highest BCUT2D eigenvalue weighted by atomic mass is 16.5. The average Bonchev–Trinajstić information content (AvgIpc) is 3.36. The number of hydrogen-bond donors (Lipinski definition) is 2. The molecule has 2 bridgehead atoms. The second kappa shape index (κ2) is 7.99. The van der Waals surface area contributed by atoms with Crippen LogP contribution < -0.4 is 20.1 Å². The van der Waals surface area contributed by atoms with Crippen molar-refractivity contribution in [3.63, 3.8) is 0 Å². The third kappa shape index (κ3) is 3.83. The minimum absolute atomic E-state index is 0.0878. The first-order valence-electron chi connectivity index (χ1n) is 9.67. The van der Waals surface area contributed by atoms with E-state index in [1.807, 2.05) is 0 Å². The summed E-state index contributed by atoms with van der Waals surface area (Å²) in [6.45, 7) is 0. The fraction of sp³-hybridized carbons (Fsp3) is 0.304. The van der Waals surface area contributed by atoms with Crippen molar-refractivity contribution >= 4 is 23.2 Å². The molecule has 2 aromatic carbocycles. The molecule has 0 radical (unpaired) electrons. The average molecular weight is 392 g/mol. The fourth-order valence-corrected chi connectivity index (χ4v) is 4.34. The summed E-state index contributed by atoms with van der Waals surface area (Å²) in [4.78, 5) is 26.1.